The number of halogens is 1. The van der Waals surface area contributed by atoms with Crippen LogP contribution in [0.5, 0.6) is 0 Å². The van der Waals surface area contributed by atoms with Gasteiger partial charge in [0, 0.05) is 19.5 Å². The summed E-state index contributed by atoms with van der Waals surface area (Å²) >= 11 is 0. The largest absolute Gasteiger partial charge is 0.356 e. The average molecular weight is 404 g/mol. The molecule has 6 heteroatoms. The summed E-state index contributed by atoms with van der Waals surface area (Å²) in [6.07, 6.45) is 16.3. The molecule has 1 aliphatic heterocycles. The van der Waals surface area contributed by atoms with Crippen molar-refractivity contribution in [3.63, 3.8) is 0 Å². The van der Waals surface area contributed by atoms with Gasteiger partial charge in [-0.1, -0.05) is 64.7 Å². The van der Waals surface area contributed by atoms with Crippen LogP contribution in [0.4, 0.5) is 0 Å². The lowest BCUT2D eigenvalue weighted by Crippen LogP contribution is -2.40. The summed E-state index contributed by atoms with van der Waals surface area (Å²) in [6.45, 7) is 4.56. The smallest absolute Gasteiger partial charge is 0.237 e. The third kappa shape index (κ3) is 14.9. The number of carbonyl (C=O) groups is 2. The SMILES string of the molecule is CCCCCCCCCCCCNC(=O)CCCNC(=O)C1CCCN1.Cl. The first kappa shape index (κ1) is 26.2. The van der Waals surface area contributed by atoms with Crippen molar-refractivity contribution >= 4 is 24.2 Å². The van der Waals surface area contributed by atoms with Crippen LogP contribution in [0, 0.1) is 0 Å². The number of rotatable bonds is 16. The molecule has 1 atom stereocenters. The summed E-state index contributed by atoms with van der Waals surface area (Å²) < 4.78 is 0. The number of carbonyl (C=O) groups excluding carboxylic acids is 2. The highest BCUT2D eigenvalue weighted by Gasteiger charge is 2.21. The standard InChI is InChI=1S/C21H41N3O2.ClH/c1-2-3-4-5-6-7-8-9-10-11-16-23-20(25)15-13-18-24-21(26)19-14-12-17-22-19;/h19,22H,2-18H2,1H3,(H,23,25)(H,24,26);1H. The van der Waals surface area contributed by atoms with E-state index in [1.54, 1.807) is 0 Å². The van der Waals surface area contributed by atoms with Crippen molar-refractivity contribution in [1.82, 2.24) is 16.0 Å². The number of hydrogen-bond acceptors (Lipinski definition) is 3. The van der Waals surface area contributed by atoms with Gasteiger partial charge in [-0.2, -0.15) is 0 Å². The Morgan fingerprint density at radius 2 is 1.44 bits per heavy atom. The maximum absolute atomic E-state index is 11.8. The van der Waals surface area contributed by atoms with E-state index >= 15 is 0 Å². The topological polar surface area (TPSA) is 70.2 Å². The Hall–Kier alpha value is -0.810. The monoisotopic (exact) mass is 403 g/mol. The Kier molecular flexibility index (Phi) is 18.0. The van der Waals surface area contributed by atoms with Crippen LogP contribution in [0.3, 0.4) is 0 Å². The summed E-state index contributed by atoms with van der Waals surface area (Å²) in [6, 6.07) is -0.0276. The van der Waals surface area contributed by atoms with E-state index in [2.05, 4.69) is 22.9 Å². The molecule has 1 rings (SSSR count). The van der Waals surface area contributed by atoms with Gasteiger partial charge in [0.1, 0.15) is 0 Å². The van der Waals surface area contributed by atoms with E-state index in [0.717, 1.165) is 32.4 Å². The lowest BCUT2D eigenvalue weighted by Gasteiger charge is -2.11. The van der Waals surface area contributed by atoms with Crippen LogP contribution in [0.25, 0.3) is 0 Å². The molecule has 27 heavy (non-hydrogen) atoms. The molecule has 0 aromatic rings. The molecule has 0 saturated carbocycles. The molecule has 1 unspecified atom stereocenters. The zero-order valence-corrected chi connectivity index (χ0v) is 18.1. The molecular formula is C21H42ClN3O2. The molecular weight excluding hydrogens is 362 g/mol. The van der Waals surface area contributed by atoms with Crippen molar-refractivity contribution in [3.05, 3.63) is 0 Å². The Morgan fingerprint density at radius 3 is 2.04 bits per heavy atom. The minimum atomic E-state index is -0.0276. The van der Waals surface area contributed by atoms with E-state index in [4.69, 9.17) is 0 Å². The van der Waals surface area contributed by atoms with Crippen molar-refractivity contribution in [2.75, 3.05) is 19.6 Å². The van der Waals surface area contributed by atoms with E-state index in [1.807, 2.05) is 0 Å². The maximum atomic E-state index is 11.8. The summed E-state index contributed by atoms with van der Waals surface area (Å²) in [5, 5.41) is 9.08. The van der Waals surface area contributed by atoms with E-state index < -0.39 is 0 Å². The first-order chi connectivity index (χ1) is 12.7. The molecule has 1 aliphatic rings. The van der Waals surface area contributed by atoms with Crippen LogP contribution in [0.1, 0.15) is 96.8 Å². The van der Waals surface area contributed by atoms with Gasteiger partial charge in [0.15, 0.2) is 0 Å². The second-order valence-corrected chi connectivity index (χ2v) is 7.58. The molecule has 0 aromatic heterocycles. The lowest BCUT2D eigenvalue weighted by molar-refractivity contribution is -0.123. The van der Waals surface area contributed by atoms with Gasteiger partial charge in [-0.25, -0.2) is 0 Å². The van der Waals surface area contributed by atoms with Crippen molar-refractivity contribution in [2.24, 2.45) is 0 Å². The van der Waals surface area contributed by atoms with Gasteiger partial charge < -0.3 is 16.0 Å². The van der Waals surface area contributed by atoms with Gasteiger partial charge in [0.25, 0.3) is 0 Å². The highest BCUT2D eigenvalue weighted by Crippen LogP contribution is 2.10. The molecule has 5 nitrogen and oxygen atoms in total. The molecule has 0 radical (unpaired) electrons. The van der Waals surface area contributed by atoms with Gasteiger partial charge in [0.2, 0.25) is 11.8 Å². The van der Waals surface area contributed by atoms with E-state index in [-0.39, 0.29) is 30.3 Å². The van der Waals surface area contributed by atoms with Crippen molar-refractivity contribution in [3.8, 4) is 0 Å². The minimum Gasteiger partial charge on any atom is -0.356 e. The molecule has 3 N–H and O–H groups in total. The summed E-state index contributed by atoms with van der Waals surface area (Å²) in [5.74, 6) is 0.183. The molecule has 1 fully saturated rings. The minimum absolute atomic E-state index is 0. The van der Waals surface area contributed by atoms with Crippen LogP contribution >= 0.6 is 12.4 Å². The number of hydrogen-bond donors (Lipinski definition) is 3. The highest BCUT2D eigenvalue weighted by molar-refractivity contribution is 5.85. The van der Waals surface area contributed by atoms with Crippen LogP contribution in [0.15, 0.2) is 0 Å². The number of unbranched alkanes of at least 4 members (excludes halogenated alkanes) is 9. The van der Waals surface area contributed by atoms with E-state index in [1.165, 1.54) is 57.8 Å². The van der Waals surface area contributed by atoms with Gasteiger partial charge >= 0.3 is 0 Å². The van der Waals surface area contributed by atoms with E-state index in [0.29, 0.717) is 19.4 Å². The molecule has 1 heterocycles. The Morgan fingerprint density at radius 1 is 0.852 bits per heavy atom. The zero-order valence-electron chi connectivity index (χ0n) is 17.3. The predicted molar refractivity (Wildman–Crippen MR) is 115 cm³/mol. The zero-order chi connectivity index (χ0) is 18.9. The fraction of sp³-hybridized carbons (Fsp3) is 0.905. The third-order valence-electron chi connectivity index (χ3n) is 5.11. The van der Waals surface area contributed by atoms with Crippen molar-refractivity contribution in [2.45, 2.75) is 103 Å². The van der Waals surface area contributed by atoms with Gasteiger partial charge in [-0.15, -0.1) is 12.4 Å². The van der Waals surface area contributed by atoms with Gasteiger partial charge in [-0.3, -0.25) is 9.59 Å². The van der Waals surface area contributed by atoms with Crippen LogP contribution in [-0.2, 0) is 9.59 Å². The fourth-order valence-corrected chi connectivity index (χ4v) is 3.42. The highest BCUT2D eigenvalue weighted by atomic mass is 35.5. The molecule has 0 aromatic carbocycles. The van der Waals surface area contributed by atoms with Crippen LogP contribution in [0.2, 0.25) is 0 Å². The Bertz CT molecular complexity index is 374. The number of nitrogens with one attached hydrogen (secondary N) is 3. The maximum Gasteiger partial charge on any atom is 0.237 e. The third-order valence-corrected chi connectivity index (χ3v) is 5.11. The molecule has 0 spiro atoms. The number of amides is 2. The Balaban J connectivity index is 0.00000676. The van der Waals surface area contributed by atoms with Crippen molar-refractivity contribution < 1.29 is 9.59 Å². The summed E-state index contributed by atoms with van der Waals surface area (Å²) in [4.78, 5) is 23.6. The molecule has 0 aliphatic carbocycles. The normalized spacial score (nSPS) is 16.0. The summed E-state index contributed by atoms with van der Waals surface area (Å²) in [5.41, 5.74) is 0. The molecule has 2 amide bonds. The quantitative estimate of drug-likeness (QED) is 0.340. The van der Waals surface area contributed by atoms with E-state index in [9.17, 15) is 9.59 Å². The first-order valence-corrected chi connectivity index (χ1v) is 11.0. The Labute approximate surface area is 172 Å². The van der Waals surface area contributed by atoms with Crippen LogP contribution < -0.4 is 16.0 Å². The second kappa shape index (κ2) is 18.5. The van der Waals surface area contributed by atoms with Crippen LogP contribution in [-0.4, -0.2) is 37.5 Å². The fourth-order valence-electron chi connectivity index (χ4n) is 3.42. The average Bonchev–Trinajstić information content (AvgIpc) is 3.18. The van der Waals surface area contributed by atoms with Gasteiger partial charge in [-0.05, 0) is 32.2 Å². The molecule has 1 saturated heterocycles. The first-order valence-electron chi connectivity index (χ1n) is 11.0. The molecule has 0 bridgehead atoms. The second-order valence-electron chi connectivity index (χ2n) is 7.58. The summed E-state index contributed by atoms with van der Waals surface area (Å²) in [7, 11) is 0. The van der Waals surface area contributed by atoms with Gasteiger partial charge in [0.05, 0.1) is 6.04 Å². The van der Waals surface area contributed by atoms with Crippen molar-refractivity contribution in [1.29, 1.82) is 0 Å². The lowest BCUT2D eigenvalue weighted by atomic mass is 10.1. The predicted octanol–water partition coefficient (Wildman–Crippen LogP) is 4.09. The molecule has 160 valence electrons.